The maximum atomic E-state index is 10.5. The highest BCUT2D eigenvalue weighted by Crippen LogP contribution is 2.23. The molecule has 1 aromatic rings. The van der Waals surface area contributed by atoms with Gasteiger partial charge in [-0.25, -0.2) is 4.79 Å². The Morgan fingerprint density at radius 2 is 2.07 bits per heavy atom. The summed E-state index contributed by atoms with van der Waals surface area (Å²) < 4.78 is 0. The Morgan fingerprint density at radius 1 is 1.40 bits per heavy atom. The summed E-state index contributed by atoms with van der Waals surface area (Å²) in [5.41, 5.74) is 0.164. The molecule has 0 amide bonds. The van der Waals surface area contributed by atoms with E-state index in [0.29, 0.717) is 15.6 Å². The van der Waals surface area contributed by atoms with Gasteiger partial charge in [-0.2, -0.15) is 5.26 Å². The van der Waals surface area contributed by atoms with Crippen LogP contribution in [0, 0.1) is 11.3 Å². The predicted octanol–water partition coefficient (Wildman–Crippen LogP) is 2.98. The number of hydrogen-bond donors (Lipinski definition) is 1. The topological polar surface area (TPSA) is 61.1 Å². The van der Waals surface area contributed by atoms with Crippen molar-refractivity contribution in [1.29, 1.82) is 5.26 Å². The highest BCUT2D eigenvalue weighted by atomic mass is 35.5. The van der Waals surface area contributed by atoms with Crippen LogP contribution in [0.5, 0.6) is 0 Å². The molecule has 0 saturated carbocycles. The summed E-state index contributed by atoms with van der Waals surface area (Å²) in [7, 11) is 0. The van der Waals surface area contributed by atoms with E-state index in [9.17, 15) is 4.79 Å². The van der Waals surface area contributed by atoms with Crippen molar-refractivity contribution in [3.63, 3.8) is 0 Å². The lowest BCUT2D eigenvalue weighted by Crippen LogP contribution is -1.97. The van der Waals surface area contributed by atoms with Crippen LogP contribution in [0.15, 0.2) is 23.8 Å². The summed E-state index contributed by atoms with van der Waals surface area (Å²) in [6.07, 6.45) is 1.23. The quantitative estimate of drug-likeness (QED) is 0.640. The van der Waals surface area contributed by atoms with Crippen LogP contribution in [0.25, 0.3) is 6.08 Å². The molecule has 1 N–H and O–H groups in total. The van der Waals surface area contributed by atoms with Crippen LogP contribution in [0.2, 0.25) is 10.0 Å². The number of aliphatic carboxylic acids is 1. The average molecular weight is 242 g/mol. The van der Waals surface area contributed by atoms with Gasteiger partial charge in [-0.15, -0.1) is 0 Å². The van der Waals surface area contributed by atoms with E-state index in [1.807, 2.05) is 0 Å². The van der Waals surface area contributed by atoms with E-state index >= 15 is 0 Å². The van der Waals surface area contributed by atoms with Gasteiger partial charge in [0, 0.05) is 0 Å². The molecule has 0 heterocycles. The van der Waals surface area contributed by atoms with Gasteiger partial charge in [-0.05, 0) is 23.8 Å². The van der Waals surface area contributed by atoms with Crippen molar-refractivity contribution < 1.29 is 9.90 Å². The summed E-state index contributed by atoms with van der Waals surface area (Å²) in [4.78, 5) is 10.5. The zero-order chi connectivity index (χ0) is 11.4. The van der Waals surface area contributed by atoms with Crippen molar-refractivity contribution in [3.05, 3.63) is 39.4 Å². The first-order valence-corrected chi connectivity index (χ1v) is 4.60. The molecular weight excluding hydrogens is 237 g/mol. The Hall–Kier alpha value is -1.50. The van der Waals surface area contributed by atoms with Crippen molar-refractivity contribution in [2.24, 2.45) is 0 Å². The van der Waals surface area contributed by atoms with Crippen LogP contribution < -0.4 is 0 Å². The van der Waals surface area contributed by atoms with Crippen molar-refractivity contribution in [1.82, 2.24) is 0 Å². The number of hydrogen-bond acceptors (Lipinski definition) is 2. The first-order valence-electron chi connectivity index (χ1n) is 3.84. The monoisotopic (exact) mass is 241 g/mol. The summed E-state index contributed by atoms with van der Waals surface area (Å²) in [6, 6.07) is 6.17. The molecule has 3 nitrogen and oxygen atoms in total. The SMILES string of the molecule is N#CC(=Cc1ccc(Cl)c(Cl)c1)C(=O)O. The van der Waals surface area contributed by atoms with Gasteiger partial charge < -0.3 is 5.11 Å². The molecule has 0 aliphatic carbocycles. The lowest BCUT2D eigenvalue weighted by atomic mass is 10.1. The second-order valence-electron chi connectivity index (χ2n) is 2.65. The predicted molar refractivity (Wildman–Crippen MR) is 57.7 cm³/mol. The maximum absolute atomic E-state index is 10.5. The molecule has 0 aliphatic rings. The maximum Gasteiger partial charge on any atom is 0.346 e. The zero-order valence-corrected chi connectivity index (χ0v) is 8.88. The molecule has 0 spiro atoms. The number of halogens is 2. The van der Waals surface area contributed by atoms with Crippen LogP contribution in [-0.4, -0.2) is 11.1 Å². The smallest absolute Gasteiger partial charge is 0.346 e. The van der Waals surface area contributed by atoms with Gasteiger partial charge in [0.15, 0.2) is 0 Å². The van der Waals surface area contributed by atoms with Crippen LogP contribution in [0.1, 0.15) is 5.56 Å². The fourth-order valence-electron chi connectivity index (χ4n) is 0.911. The molecule has 1 aromatic carbocycles. The summed E-state index contributed by atoms with van der Waals surface area (Å²) in [5.74, 6) is -1.27. The minimum atomic E-state index is -1.27. The standard InChI is InChI=1S/C10H5Cl2NO2/c11-8-2-1-6(4-9(8)12)3-7(5-13)10(14)15/h1-4H,(H,14,15). The molecule has 0 unspecified atom stereocenters. The molecule has 0 fully saturated rings. The molecule has 15 heavy (non-hydrogen) atoms. The molecule has 0 atom stereocenters. The molecule has 0 bridgehead atoms. The minimum Gasteiger partial charge on any atom is -0.477 e. The fourth-order valence-corrected chi connectivity index (χ4v) is 1.22. The Labute approximate surface area is 96.2 Å². The van der Waals surface area contributed by atoms with E-state index in [-0.39, 0.29) is 5.57 Å². The lowest BCUT2D eigenvalue weighted by molar-refractivity contribution is -0.132. The summed E-state index contributed by atoms with van der Waals surface area (Å²) in [5, 5.41) is 17.8. The van der Waals surface area contributed by atoms with Gasteiger partial charge in [-0.1, -0.05) is 29.3 Å². The van der Waals surface area contributed by atoms with E-state index in [0.717, 1.165) is 0 Å². The molecule has 0 aliphatic heterocycles. The highest BCUT2D eigenvalue weighted by molar-refractivity contribution is 6.42. The van der Waals surface area contributed by atoms with E-state index in [4.69, 9.17) is 33.6 Å². The summed E-state index contributed by atoms with van der Waals surface area (Å²) >= 11 is 11.4. The second kappa shape index (κ2) is 4.83. The normalized spacial score (nSPS) is 10.9. The van der Waals surface area contributed by atoms with E-state index < -0.39 is 5.97 Å². The minimum absolute atomic E-state index is 0.313. The number of carbonyl (C=O) groups is 1. The number of carboxylic acids is 1. The summed E-state index contributed by atoms with van der Waals surface area (Å²) in [6.45, 7) is 0. The molecule has 1 rings (SSSR count). The lowest BCUT2D eigenvalue weighted by Gasteiger charge is -1.97. The third-order valence-corrected chi connectivity index (χ3v) is 2.34. The van der Waals surface area contributed by atoms with Crippen molar-refractivity contribution in [2.45, 2.75) is 0 Å². The Balaban J connectivity index is 3.14. The van der Waals surface area contributed by atoms with E-state index in [1.54, 1.807) is 12.1 Å². The number of carboxylic acid groups (broad SMARTS) is 1. The third kappa shape index (κ3) is 2.98. The first-order chi connectivity index (χ1) is 7.04. The number of rotatable bonds is 2. The highest BCUT2D eigenvalue weighted by Gasteiger charge is 2.06. The van der Waals surface area contributed by atoms with Gasteiger partial charge >= 0.3 is 5.97 Å². The number of nitriles is 1. The van der Waals surface area contributed by atoms with Crippen molar-refractivity contribution in [3.8, 4) is 6.07 Å². The van der Waals surface area contributed by atoms with E-state index in [1.165, 1.54) is 18.2 Å². The number of nitrogens with zero attached hydrogens (tertiary/aromatic N) is 1. The Bertz CT molecular complexity index is 475. The first kappa shape index (κ1) is 11.6. The van der Waals surface area contributed by atoms with Gasteiger partial charge in [-0.3, -0.25) is 0 Å². The zero-order valence-electron chi connectivity index (χ0n) is 7.37. The van der Waals surface area contributed by atoms with Gasteiger partial charge in [0.2, 0.25) is 0 Å². The number of benzene rings is 1. The second-order valence-corrected chi connectivity index (χ2v) is 3.46. The molecule has 0 saturated heterocycles. The van der Waals surface area contributed by atoms with Gasteiger partial charge in [0.25, 0.3) is 0 Å². The van der Waals surface area contributed by atoms with Crippen molar-refractivity contribution >= 4 is 35.2 Å². The fraction of sp³-hybridized carbons (Fsp3) is 0. The molecule has 5 heteroatoms. The van der Waals surface area contributed by atoms with Crippen LogP contribution in [0.4, 0.5) is 0 Å². The third-order valence-electron chi connectivity index (χ3n) is 1.61. The van der Waals surface area contributed by atoms with E-state index in [2.05, 4.69) is 0 Å². The molecule has 76 valence electrons. The van der Waals surface area contributed by atoms with Crippen LogP contribution in [-0.2, 0) is 4.79 Å². The van der Waals surface area contributed by atoms with Crippen LogP contribution >= 0.6 is 23.2 Å². The van der Waals surface area contributed by atoms with Gasteiger partial charge in [0.05, 0.1) is 10.0 Å². The Morgan fingerprint density at radius 3 is 2.53 bits per heavy atom. The Kier molecular flexibility index (Phi) is 3.73. The van der Waals surface area contributed by atoms with Crippen LogP contribution in [0.3, 0.4) is 0 Å². The van der Waals surface area contributed by atoms with Crippen molar-refractivity contribution in [2.75, 3.05) is 0 Å². The largest absolute Gasteiger partial charge is 0.477 e. The molecule has 0 radical (unpaired) electrons. The molecular formula is C10H5Cl2NO2. The van der Waals surface area contributed by atoms with Gasteiger partial charge in [0.1, 0.15) is 11.6 Å². The average Bonchev–Trinajstić information content (AvgIpc) is 2.19. The molecule has 0 aromatic heterocycles.